The van der Waals surface area contributed by atoms with Crippen molar-refractivity contribution in [1.82, 2.24) is 0 Å². The number of nitrogens with one attached hydrogen (secondary N) is 3. The summed E-state index contributed by atoms with van der Waals surface area (Å²) >= 11 is 0. The molecule has 0 fully saturated rings. The van der Waals surface area contributed by atoms with Crippen LogP contribution in [0.1, 0.15) is 244 Å². The fourth-order valence-electron chi connectivity index (χ4n) is 10.6. The van der Waals surface area contributed by atoms with Crippen LogP contribution in [0.2, 0.25) is 0 Å². The number of nitrogens with zero attached hydrogens (tertiary/aromatic N) is 1. The van der Waals surface area contributed by atoms with Gasteiger partial charge in [-0.15, -0.1) is 0 Å². The van der Waals surface area contributed by atoms with E-state index in [1.54, 1.807) is 36.4 Å². The molecular formula is C75H102N4O6. The zero-order valence-electron chi connectivity index (χ0n) is 52.1. The van der Waals surface area contributed by atoms with Crippen LogP contribution in [-0.4, -0.2) is 37.5 Å². The first kappa shape index (κ1) is 67.1. The molecule has 458 valence electrons. The van der Waals surface area contributed by atoms with Gasteiger partial charge in [0, 0.05) is 50.8 Å². The molecule has 0 aliphatic carbocycles. The summed E-state index contributed by atoms with van der Waals surface area (Å²) in [5, 5.41) is 9.16. The van der Waals surface area contributed by atoms with Crippen molar-refractivity contribution in [1.29, 1.82) is 0 Å². The lowest BCUT2D eigenvalue weighted by molar-refractivity contribution is 0.101. The van der Waals surface area contributed by atoms with E-state index in [0.717, 1.165) is 53.6 Å². The Morgan fingerprint density at radius 2 is 0.471 bits per heavy atom. The van der Waals surface area contributed by atoms with E-state index in [9.17, 15) is 14.4 Å². The summed E-state index contributed by atoms with van der Waals surface area (Å²) in [7, 11) is 0. The van der Waals surface area contributed by atoms with E-state index in [1.807, 2.05) is 109 Å². The first-order chi connectivity index (χ1) is 41.8. The van der Waals surface area contributed by atoms with Gasteiger partial charge in [-0.2, -0.15) is 0 Å². The Kier molecular flexibility index (Phi) is 32.4. The molecule has 0 bridgehead atoms. The molecule has 0 aliphatic heterocycles. The third-order valence-corrected chi connectivity index (χ3v) is 15.8. The van der Waals surface area contributed by atoms with Crippen LogP contribution in [-0.2, 0) is 0 Å². The molecule has 3 amide bonds. The molecule has 6 aromatic carbocycles. The standard InChI is InChI=1S/C75H102N4O6/c1-4-7-10-13-16-19-22-25-28-31-58-83-70-52-34-61(35-53-70)73(80)76-64-40-46-67(47-41-64)79(68-48-42-65(43-49-68)77-74(81)62-36-54-71(55-37-62)84-59-32-29-26-23-20-17-14-11-8-5-2)69-50-44-66(45-51-69)78-75(82)63-38-56-72(57-39-63)85-60-33-30-27-24-21-18-15-12-9-6-3/h34-57H,4-33,58-60H2,1-3H3,(H,76,80)(H,77,81)(H,78,82). The van der Waals surface area contributed by atoms with Gasteiger partial charge in [0.05, 0.1) is 19.8 Å². The topological polar surface area (TPSA) is 118 Å². The number of anilines is 6. The number of unbranched alkanes of at least 4 members (excludes halogenated alkanes) is 27. The zero-order chi connectivity index (χ0) is 59.8. The van der Waals surface area contributed by atoms with E-state index in [-0.39, 0.29) is 17.7 Å². The third kappa shape index (κ3) is 26.4. The van der Waals surface area contributed by atoms with E-state index in [2.05, 4.69) is 41.6 Å². The van der Waals surface area contributed by atoms with Gasteiger partial charge < -0.3 is 35.1 Å². The number of carbonyl (C=O) groups excluding carboxylic acids is 3. The van der Waals surface area contributed by atoms with Crippen LogP contribution in [0.15, 0.2) is 146 Å². The highest BCUT2D eigenvalue weighted by Gasteiger charge is 2.16. The summed E-state index contributed by atoms with van der Waals surface area (Å²) in [5.41, 5.74) is 6.06. The molecule has 10 heteroatoms. The van der Waals surface area contributed by atoms with Crippen molar-refractivity contribution in [2.45, 2.75) is 213 Å². The molecule has 0 spiro atoms. The Labute approximate surface area is 511 Å². The Balaban J connectivity index is 1.03. The molecule has 0 radical (unpaired) electrons. The number of amides is 3. The number of rotatable bonds is 45. The molecule has 0 unspecified atom stereocenters. The van der Waals surface area contributed by atoms with Crippen LogP contribution < -0.4 is 35.1 Å². The smallest absolute Gasteiger partial charge is 0.255 e. The second-order valence-electron chi connectivity index (χ2n) is 23.0. The van der Waals surface area contributed by atoms with Crippen LogP contribution in [0.3, 0.4) is 0 Å². The van der Waals surface area contributed by atoms with Gasteiger partial charge in [-0.25, -0.2) is 0 Å². The maximum atomic E-state index is 13.5. The minimum Gasteiger partial charge on any atom is -0.494 e. The number of hydrogen-bond acceptors (Lipinski definition) is 7. The largest absolute Gasteiger partial charge is 0.494 e. The SMILES string of the molecule is CCCCCCCCCCCCOc1ccc(C(=O)Nc2ccc(N(c3ccc(NC(=O)c4ccc(OCCCCCCCCCCCC)cc4)cc3)c3ccc(NC(=O)c4ccc(OCCCCCCCCCCCC)cc4)cc3)cc2)cc1. The number of hydrogen-bond donors (Lipinski definition) is 3. The van der Waals surface area contributed by atoms with Gasteiger partial charge in [0.25, 0.3) is 17.7 Å². The second-order valence-corrected chi connectivity index (χ2v) is 23.0. The predicted octanol–water partition coefficient (Wildman–Crippen LogP) is 21.8. The monoisotopic (exact) mass is 1150 g/mol. The van der Waals surface area contributed by atoms with Crippen molar-refractivity contribution < 1.29 is 28.6 Å². The lowest BCUT2D eigenvalue weighted by Gasteiger charge is -2.26. The van der Waals surface area contributed by atoms with Gasteiger partial charge in [0.1, 0.15) is 17.2 Å². The summed E-state index contributed by atoms with van der Waals surface area (Å²) in [6.45, 7) is 8.79. The molecule has 6 rings (SSSR count). The summed E-state index contributed by atoms with van der Waals surface area (Å²) in [6, 6.07) is 45.0. The molecule has 0 atom stereocenters. The predicted molar refractivity (Wildman–Crippen MR) is 356 cm³/mol. The van der Waals surface area contributed by atoms with Gasteiger partial charge in [-0.05, 0) is 165 Å². The lowest BCUT2D eigenvalue weighted by Crippen LogP contribution is -2.14. The van der Waals surface area contributed by atoms with E-state index >= 15 is 0 Å². The highest BCUT2D eigenvalue weighted by molar-refractivity contribution is 6.06. The number of benzene rings is 6. The molecule has 0 aliphatic rings. The van der Waals surface area contributed by atoms with Crippen LogP contribution >= 0.6 is 0 Å². The van der Waals surface area contributed by atoms with Gasteiger partial charge in [-0.3, -0.25) is 14.4 Å². The van der Waals surface area contributed by atoms with Crippen LogP contribution in [0.25, 0.3) is 0 Å². The third-order valence-electron chi connectivity index (χ3n) is 15.8. The van der Waals surface area contributed by atoms with E-state index in [1.165, 1.54) is 173 Å². The average Bonchev–Trinajstić information content (AvgIpc) is 3.64. The van der Waals surface area contributed by atoms with Crippen molar-refractivity contribution in [3.63, 3.8) is 0 Å². The van der Waals surface area contributed by atoms with Gasteiger partial charge in [-0.1, -0.05) is 194 Å². The fourth-order valence-corrected chi connectivity index (χ4v) is 10.6. The quantitative estimate of drug-likeness (QED) is 0.0326. The second kappa shape index (κ2) is 41.1. The first-order valence-corrected chi connectivity index (χ1v) is 33.1. The van der Waals surface area contributed by atoms with Crippen LogP contribution in [0, 0.1) is 0 Å². The maximum absolute atomic E-state index is 13.5. The molecule has 0 saturated heterocycles. The van der Waals surface area contributed by atoms with Gasteiger partial charge in [0.2, 0.25) is 0 Å². The number of ether oxygens (including phenoxy) is 3. The molecule has 0 aromatic heterocycles. The van der Waals surface area contributed by atoms with Crippen molar-refractivity contribution in [2.24, 2.45) is 0 Å². The Morgan fingerprint density at radius 1 is 0.271 bits per heavy atom. The summed E-state index contributed by atoms with van der Waals surface area (Å²) < 4.78 is 18.0. The van der Waals surface area contributed by atoms with Crippen molar-refractivity contribution in [3.05, 3.63) is 162 Å². The molecule has 85 heavy (non-hydrogen) atoms. The Hall–Kier alpha value is -7.07. The van der Waals surface area contributed by atoms with E-state index in [0.29, 0.717) is 53.6 Å². The zero-order valence-corrected chi connectivity index (χ0v) is 52.1. The molecule has 3 N–H and O–H groups in total. The summed E-state index contributed by atoms with van der Waals surface area (Å²) in [5.74, 6) is 1.64. The molecule has 6 aromatic rings. The highest BCUT2D eigenvalue weighted by Crippen LogP contribution is 2.37. The van der Waals surface area contributed by atoms with Crippen LogP contribution in [0.4, 0.5) is 34.1 Å². The Bertz CT molecular complexity index is 2430. The highest BCUT2D eigenvalue weighted by atomic mass is 16.5. The lowest BCUT2D eigenvalue weighted by atomic mass is 10.1. The fraction of sp³-hybridized carbons (Fsp3) is 0.480. The molecule has 10 nitrogen and oxygen atoms in total. The number of carbonyl (C=O) groups is 3. The van der Waals surface area contributed by atoms with Crippen LogP contribution in [0.5, 0.6) is 17.2 Å². The van der Waals surface area contributed by atoms with Gasteiger partial charge >= 0.3 is 0 Å². The maximum Gasteiger partial charge on any atom is 0.255 e. The average molecular weight is 1160 g/mol. The minimum atomic E-state index is -0.214. The summed E-state index contributed by atoms with van der Waals surface area (Å²) in [4.78, 5) is 42.5. The van der Waals surface area contributed by atoms with E-state index in [4.69, 9.17) is 14.2 Å². The first-order valence-electron chi connectivity index (χ1n) is 33.1. The molecule has 0 heterocycles. The normalized spacial score (nSPS) is 11.0. The summed E-state index contributed by atoms with van der Waals surface area (Å²) in [6.07, 6.45) is 38.3. The van der Waals surface area contributed by atoms with Crippen molar-refractivity contribution in [2.75, 3.05) is 40.7 Å². The Morgan fingerprint density at radius 3 is 0.682 bits per heavy atom. The van der Waals surface area contributed by atoms with Crippen molar-refractivity contribution in [3.8, 4) is 17.2 Å². The van der Waals surface area contributed by atoms with E-state index < -0.39 is 0 Å². The van der Waals surface area contributed by atoms with Gasteiger partial charge in [0.15, 0.2) is 0 Å². The van der Waals surface area contributed by atoms with Crippen molar-refractivity contribution >= 4 is 51.8 Å². The molecule has 0 saturated carbocycles. The molecular weight excluding hydrogens is 1050 g/mol. The minimum absolute atomic E-state index is 0.214.